The Morgan fingerprint density at radius 1 is 1.21 bits per heavy atom. The zero-order valence-corrected chi connectivity index (χ0v) is 22.6. The Kier molecular flexibility index (Phi) is 11.0. The average molecular weight is 507 g/mol. The molecule has 190 valence electrons. The number of hydrogen-bond donors (Lipinski definition) is 2. The second-order valence-electron chi connectivity index (χ2n) is 9.05. The first-order valence-electron chi connectivity index (χ1n) is 11.3. The van der Waals surface area contributed by atoms with Crippen molar-refractivity contribution in [2.45, 2.75) is 71.3 Å². The number of amides is 1. The number of aliphatic hydroxyl groups excluding tert-OH is 1. The number of rotatable bonds is 12. The molecule has 0 aromatic heterocycles. The Morgan fingerprint density at radius 2 is 1.79 bits per heavy atom. The van der Waals surface area contributed by atoms with Gasteiger partial charge in [0.1, 0.15) is 5.82 Å². The van der Waals surface area contributed by atoms with Gasteiger partial charge in [0.05, 0.1) is 24.7 Å². The minimum absolute atomic E-state index is 0.0333. The zero-order valence-electron chi connectivity index (χ0n) is 20.8. The van der Waals surface area contributed by atoms with Crippen molar-refractivity contribution in [1.29, 1.82) is 0 Å². The Hall–Kier alpha value is -1.53. The van der Waals surface area contributed by atoms with Crippen molar-refractivity contribution >= 4 is 30.2 Å². The highest BCUT2D eigenvalue weighted by Gasteiger charge is 2.36. The quantitative estimate of drug-likeness (QED) is 0.249. The lowest BCUT2D eigenvalue weighted by molar-refractivity contribution is 0.181. The van der Waals surface area contributed by atoms with Crippen LogP contribution >= 0.6 is 0 Å². The fraction of sp³-hybridized carbons (Fsp3) is 0.682. The minimum Gasteiger partial charge on any atom is -0.409 e. The number of carbonyl (C=O) groups is 1. The molecular formula is C22H39FN2O6SSi. The highest BCUT2D eigenvalue weighted by atomic mass is 32.2. The molecule has 0 aliphatic carbocycles. The summed E-state index contributed by atoms with van der Waals surface area (Å²) >= 11 is 0. The van der Waals surface area contributed by atoms with Crippen LogP contribution in [0.4, 0.5) is 14.9 Å². The molecule has 0 radical (unpaired) electrons. The molecule has 1 aromatic carbocycles. The van der Waals surface area contributed by atoms with E-state index >= 15 is 0 Å². The zero-order chi connectivity index (χ0) is 25.4. The van der Waals surface area contributed by atoms with Crippen LogP contribution in [-0.2, 0) is 18.7 Å². The van der Waals surface area contributed by atoms with Gasteiger partial charge in [-0.3, -0.25) is 4.90 Å². The molecule has 1 unspecified atom stereocenters. The molecule has 1 amide bonds. The van der Waals surface area contributed by atoms with Gasteiger partial charge in [0, 0.05) is 18.6 Å². The van der Waals surface area contributed by atoms with E-state index in [1.807, 2.05) is 0 Å². The van der Waals surface area contributed by atoms with Crippen LogP contribution < -0.4 is 10.2 Å². The van der Waals surface area contributed by atoms with Crippen LogP contribution in [0.2, 0.25) is 18.1 Å². The number of benzene rings is 1. The maximum atomic E-state index is 15.0. The Morgan fingerprint density at radius 3 is 2.24 bits per heavy atom. The molecule has 2 N–H and O–H groups in total. The van der Waals surface area contributed by atoms with Gasteiger partial charge in [-0.05, 0) is 56.6 Å². The normalized spacial score (nSPS) is 13.6. The van der Waals surface area contributed by atoms with E-state index in [1.54, 1.807) is 26.8 Å². The molecule has 0 bridgehead atoms. The van der Waals surface area contributed by atoms with E-state index in [0.717, 1.165) is 29.3 Å². The van der Waals surface area contributed by atoms with E-state index in [2.05, 4.69) is 30.3 Å². The van der Waals surface area contributed by atoms with E-state index in [9.17, 15) is 17.6 Å². The highest BCUT2D eigenvalue weighted by Crippen LogP contribution is 2.34. The molecule has 33 heavy (non-hydrogen) atoms. The standard InChI is InChI=1S/C22H39FN2O6SSi/c1-8-33(9-2,10-3)31-20(16-24-13-14-26)17-11-12-18(23)19(15-17)25(22(4,5)6)21(27)30-32(7,28)29/h11-12,15,20,24,26H,8-10,13-14,16H2,1-7H3. The van der Waals surface area contributed by atoms with Crippen LogP contribution in [0.25, 0.3) is 0 Å². The summed E-state index contributed by atoms with van der Waals surface area (Å²) < 4.78 is 49.3. The van der Waals surface area contributed by atoms with Crippen LogP contribution in [0.5, 0.6) is 0 Å². The summed E-state index contributed by atoms with van der Waals surface area (Å²) in [6, 6.07) is 7.10. The van der Waals surface area contributed by atoms with E-state index in [4.69, 9.17) is 9.53 Å². The number of anilines is 1. The van der Waals surface area contributed by atoms with Crippen molar-refractivity contribution in [2.75, 3.05) is 30.9 Å². The fourth-order valence-corrected chi connectivity index (χ4v) is 6.80. The molecule has 1 atom stereocenters. The van der Waals surface area contributed by atoms with Gasteiger partial charge >= 0.3 is 16.2 Å². The largest absolute Gasteiger partial charge is 0.430 e. The summed E-state index contributed by atoms with van der Waals surface area (Å²) in [4.78, 5) is 13.7. The lowest BCUT2D eigenvalue weighted by Crippen LogP contribution is -2.47. The molecule has 0 aliphatic heterocycles. The number of carbonyl (C=O) groups excluding carboxylic acids is 1. The molecule has 0 aliphatic rings. The van der Waals surface area contributed by atoms with E-state index in [0.29, 0.717) is 18.7 Å². The predicted molar refractivity (Wildman–Crippen MR) is 131 cm³/mol. The van der Waals surface area contributed by atoms with Crippen molar-refractivity contribution in [1.82, 2.24) is 5.32 Å². The molecule has 11 heteroatoms. The first-order chi connectivity index (χ1) is 15.2. The van der Waals surface area contributed by atoms with Gasteiger partial charge in [0.25, 0.3) is 0 Å². The van der Waals surface area contributed by atoms with Crippen LogP contribution in [0.1, 0.15) is 53.2 Å². The third kappa shape index (κ3) is 8.64. The van der Waals surface area contributed by atoms with Crippen molar-refractivity contribution in [3.63, 3.8) is 0 Å². The number of aliphatic hydroxyl groups is 1. The molecule has 0 saturated carbocycles. The van der Waals surface area contributed by atoms with Crippen LogP contribution in [0.15, 0.2) is 18.2 Å². The second-order valence-corrected chi connectivity index (χ2v) is 15.3. The van der Waals surface area contributed by atoms with Gasteiger partial charge < -0.3 is 19.0 Å². The SMILES string of the molecule is CC[Si](CC)(CC)OC(CNCCO)c1ccc(F)c(N(C(=O)OS(C)(=O)=O)C(C)(C)C)c1. The third-order valence-corrected chi connectivity index (χ3v) is 10.7. The molecule has 0 heterocycles. The smallest absolute Gasteiger partial charge is 0.409 e. The monoisotopic (exact) mass is 506 g/mol. The van der Waals surface area contributed by atoms with E-state index < -0.39 is 42.0 Å². The Bertz CT molecular complexity index is 879. The van der Waals surface area contributed by atoms with Gasteiger partial charge in [-0.25, -0.2) is 9.18 Å². The van der Waals surface area contributed by atoms with E-state index in [1.165, 1.54) is 12.1 Å². The molecule has 8 nitrogen and oxygen atoms in total. The number of hydrogen-bond acceptors (Lipinski definition) is 7. The number of nitrogens with one attached hydrogen (secondary N) is 1. The Labute approximate surface area is 198 Å². The lowest BCUT2D eigenvalue weighted by atomic mass is 10.0. The fourth-order valence-electron chi connectivity index (χ4n) is 3.64. The van der Waals surface area contributed by atoms with Crippen molar-refractivity contribution < 1.29 is 31.3 Å². The summed E-state index contributed by atoms with van der Waals surface area (Å²) in [5, 5.41) is 12.3. The summed E-state index contributed by atoms with van der Waals surface area (Å²) in [7, 11) is -6.14. The molecule has 1 rings (SSSR count). The summed E-state index contributed by atoms with van der Waals surface area (Å²) in [5.41, 5.74) is -0.423. The number of nitrogens with zero attached hydrogens (tertiary/aromatic N) is 1. The van der Waals surface area contributed by atoms with Gasteiger partial charge in [-0.1, -0.05) is 26.8 Å². The second kappa shape index (κ2) is 12.3. The summed E-state index contributed by atoms with van der Waals surface area (Å²) in [5.74, 6) is -0.689. The van der Waals surface area contributed by atoms with Crippen molar-refractivity contribution in [3.05, 3.63) is 29.6 Å². The van der Waals surface area contributed by atoms with Gasteiger partial charge in [-0.2, -0.15) is 8.42 Å². The first kappa shape index (κ1) is 29.5. The summed E-state index contributed by atoms with van der Waals surface area (Å²) in [6.07, 6.45) is -0.855. The molecule has 0 spiro atoms. The summed E-state index contributed by atoms with van der Waals surface area (Å²) in [6.45, 7) is 12.0. The topological polar surface area (TPSA) is 105 Å². The molecule has 0 fully saturated rings. The van der Waals surface area contributed by atoms with Crippen molar-refractivity contribution in [2.24, 2.45) is 0 Å². The van der Waals surface area contributed by atoms with Gasteiger partial charge in [-0.15, -0.1) is 0 Å². The maximum Gasteiger partial charge on any atom is 0.430 e. The molecular weight excluding hydrogens is 467 g/mol. The van der Waals surface area contributed by atoms with Crippen molar-refractivity contribution in [3.8, 4) is 0 Å². The third-order valence-electron chi connectivity index (χ3n) is 5.60. The highest BCUT2D eigenvalue weighted by molar-refractivity contribution is 7.86. The van der Waals surface area contributed by atoms with Gasteiger partial charge in [0.2, 0.25) is 0 Å². The van der Waals surface area contributed by atoms with Crippen LogP contribution in [0.3, 0.4) is 0 Å². The predicted octanol–water partition coefficient (Wildman–Crippen LogP) is 4.17. The lowest BCUT2D eigenvalue weighted by Gasteiger charge is -2.36. The number of halogens is 1. The minimum atomic E-state index is -4.09. The maximum absolute atomic E-state index is 15.0. The van der Waals surface area contributed by atoms with Crippen LogP contribution in [0, 0.1) is 5.82 Å². The molecule has 0 saturated heterocycles. The molecule has 1 aromatic rings. The Balaban J connectivity index is 3.52. The van der Waals surface area contributed by atoms with Crippen LogP contribution in [-0.4, -0.2) is 59.4 Å². The first-order valence-corrected chi connectivity index (χ1v) is 15.6. The van der Waals surface area contributed by atoms with Gasteiger partial charge in [0.15, 0.2) is 8.32 Å². The van der Waals surface area contributed by atoms with E-state index in [-0.39, 0.29) is 12.3 Å². The average Bonchev–Trinajstić information content (AvgIpc) is 2.70.